The van der Waals surface area contributed by atoms with Gasteiger partial charge < -0.3 is 15.0 Å². The second-order valence-corrected chi connectivity index (χ2v) is 11.6. The van der Waals surface area contributed by atoms with E-state index in [0.29, 0.717) is 0 Å². The summed E-state index contributed by atoms with van der Waals surface area (Å²) in [6.07, 6.45) is 14.0. The Bertz CT molecular complexity index is 1070. The minimum atomic E-state index is -0.392. The third-order valence-corrected chi connectivity index (χ3v) is 7.71. The van der Waals surface area contributed by atoms with Crippen LogP contribution in [0.5, 0.6) is 0 Å². The van der Waals surface area contributed by atoms with Gasteiger partial charge in [-0.15, -0.1) is 0 Å². The van der Waals surface area contributed by atoms with E-state index in [1.807, 2.05) is 32.3 Å². The number of amides is 1. The fraction of sp³-hybridized carbons (Fsp3) is 0.548. The maximum Gasteiger partial charge on any atom is 0.247 e. The number of aromatic nitrogens is 1. The first-order chi connectivity index (χ1) is 18.2. The summed E-state index contributed by atoms with van der Waals surface area (Å²) in [5.41, 5.74) is 3.34. The van der Waals surface area contributed by atoms with Crippen molar-refractivity contribution in [3.8, 4) is 6.19 Å². The van der Waals surface area contributed by atoms with E-state index >= 15 is 0 Å². The maximum atomic E-state index is 13.3. The Morgan fingerprint density at radius 3 is 2.34 bits per heavy atom. The molecule has 1 amide bonds. The van der Waals surface area contributed by atoms with Gasteiger partial charge in [-0.1, -0.05) is 58.2 Å². The first-order valence-corrected chi connectivity index (χ1v) is 13.8. The smallest absolute Gasteiger partial charge is 0.247 e. The van der Waals surface area contributed by atoms with Crippen molar-refractivity contribution in [1.82, 2.24) is 15.2 Å². The molecule has 38 heavy (non-hydrogen) atoms. The molecule has 1 saturated carbocycles. The number of nitriles is 1. The van der Waals surface area contributed by atoms with Crippen LogP contribution in [0.25, 0.3) is 0 Å². The van der Waals surface area contributed by atoms with E-state index in [4.69, 9.17) is 5.26 Å². The number of rotatable bonds is 6. The fourth-order valence-corrected chi connectivity index (χ4v) is 5.28. The molecule has 1 aromatic carbocycles. The molecular formula is C31H43N5O2. The van der Waals surface area contributed by atoms with Crippen molar-refractivity contribution in [2.45, 2.75) is 102 Å². The number of carbonyl (C=O) groups is 2. The van der Waals surface area contributed by atoms with Gasteiger partial charge in [-0.3, -0.25) is 14.7 Å². The second kappa shape index (κ2) is 13.4. The Labute approximate surface area is 228 Å². The molecule has 1 aromatic heterocycles. The fourth-order valence-electron chi connectivity index (χ4n) is 5.28. The van der Waals surface area contributed by atoms with Crippen LogP contribution < -0.4 is 10.2 Å². The number of nitrogens with one attached hydrogen (secondary N) is 1. The van der Waals surface area contributed by atoms with Gasteiger partial charge in [0.25, 0.3) is 0 Å². The molecule has 7 nitrogen and oxygen atoms in total. The highest BCUT2D eigenvalue weighted by Gasteiger charge is 2.29. The number of likely N-dealkylation sites (tertiary alicyclic amines) is 1. The van der Waals surface area contributed by atoms with E-state index in [2.05, 4.69) is 60.2 Å². The summed E-state index contributed by atoms with van der Waals surface area (Å²) in [6, 6.07) is 12.4. The van der Waals surface area contributed by atoms with Crippen molar-refractivity contribution in [3.05, 3.63) is 59.9 Å². The molecule has 204 valence electrons. The van der Waals surface area contributed by atoms with Gasteiger partial charge in [0, 0.05) is 42.8 Å². The summed E-state index contributed by atoms with van der Waals surface area (Å²) in [5.74, 6) is 0.0577. The predicted octanol–water partition coefficient (Wildman–Crippen LogP) is 5.52. The van der Waals surface area contributed by atoms with Crippen molar-refractivity contribution in [3.63, 3.8) is 0 Å². The second-order valence-electron chi connectivity index (χ2n) is 11.6. The Balaban J connectivity index is 0.000000336. The quantitative estimate of drug-likeness (QED) is 0.401. The number of hydrogen-bond acceptors (Lipinski definition) is 6. The highest BCUT2D eigenvalue weighted by atomic mass is 16.2. The zero-order valence-electron chi connectivity index (χ0n) is 23.6. The standard InChI is InChI=1S/C24H33N3O.C7H10N2O/c1-24(2,3)19-12-14-21(15-13-19)27(4)22(18-9-8-16-25-17-18)23(28)26-20-10-6-5-7-11-20;1-6-2-3-7(4-10)9(6)5-8/h8-9,12-17,20,22H,5-7,10-11H2,1-4H3,(H,26,28);4,6-7H,2-3H2,1H3. The summed E-state index contributed by atoms with van der Waals surface area (Å²) in [5, 5.41) is 11.9. The van der Waals surface area contributed by atoms with Gasteiger partial charge in [0.05, 0.1) is 6.04 Å². The van der Waals surface area contributed by atoms with Crippen molar-refractivity contribution < 1.29 is 9.59 Å². The number of nitrogens with zero attached hydrogens (tertiary/aromatic N) is 4. The SMILES string of the molecule is CC1CCC(C=O)N1C#N.CN(c1ccc(C(C)(C)C)cc1)C(C(=O)NC1CCCCC1)c1cccnc1. The Morgan fingerprint density at radius 2 is 1.82 bits per heavy atom. The van der Waals surface area contributed by atoms with Crippen LogP contribution in [0.4, 0.5) is 5.69 Å². The van der Waals surface area contributed by atoms with E-state index in [9.17, 15) is 9.59 Å². The van der Waals surface area contributed by atoms with Gasteiger partial charge in [0.1, 0.15) is 12.3 Å². The lowest BCUT2D eigenvalue weighted by Gasteiger charge is -2.32. The van der Waals surface area contributed by atoms with Gasteiger partial charge >= 0.3 is 0 Å². The maximum absolute atomic E-state index is 13.3. The third-order valence-electron chi connectivity index (χ3n) is 7.71. The summed E-state index contributed by atoms with van der Waals surface area (Å²) in [7, 11) is 1.99. The minimum Gasteiger partial charge on any atom is -0.359 e. The molecule has 3 atom stereocenters. The van der Waals surface area contributed by atoms with Gasteiger partial charge in [0.15, 0.2) is 6.19 Å². The molecule has 2 fully saturated rings. The third kappa shape index (κ3) is 7.56. The molecule has 0 radical (unpaired) electrons. The normalized spacial score (nSPS) is 20.5. The van der Waals surface area contributed by atoms with E-state index in [0.717, 1.165) is 43.2 Å². The van der Waals surface area contributed by atoms with Gasteiger partial charge in [0.2, 0.25) is 5.91 Å². The topological polar surface area (TPSA) is 89.3 Å². The molecule has 4 rings (SSSR count). The number of aldehydes is 1. The number of carbonyl (C=O) groups excluding carboxylic acids is 2. The number of benzene rings is 1. The summed E-state index contributed by atoms with van der Waals surface area (Å²) >= 11 is 0. The number of pyridine rings is 1. The zero-order valence-corrected chi connectivity index (χ0v) is 23.6. The van der Waals surface area contributed by atoms with Gasteiger partial charge in [-0.05, 0) is 61.8 Å². The van der Waals surface area contributed by atoms with E-state index < -0.39 is 6.04 Å². The average molecular weight is 518 g/mol. The molecule has 7 heteroatoms. The van der Waals surface area contributed by atoms with Crippen LogP contribution in [-0.4, -0.2) is 47.3 Å². The van der Waals surface area contributed by atoms with Crippen LogP contribution in [0.15, 0.2) is 48.8 Å². The molecular weight excluding hydrogens is 474 g/mol. The lowest BCUT2D eigenvalue weighted by Crippen LogP contribution is -2.44. The predicted molar refractivity (Wildman–Crippen MR) is 152 cm³/mol. The highest BCUT2D eigenvalue weighted by molar-refractivity contribution is 5.86. The Morgan fingerprint density at radius 1 is 1.13 bits per heavy atom. The molecule has 0 bridgehead atoms. The monoisotopic (exact) mass is 517 g/mol. The summed E-state index contributed by atoms with van der Waals surface area (Å²) < 4.78 is 0. The molecule has 0 spiro atoms. The summed E-state index contributed by atoms with van der Waals surface area (Å²) in [6.45, 7) is 8.60. The number of hydrogen-bond donors (Lipinski definition) is 1. The highest BCUT2D eigenvalue weighted by Crippen LogP contribution is 2.30. The van der Waals surface area contributed by atoms with Crippen LogP contribution in [0, 0.1) is 11.5 Å². The molecule has 1 aliphatic heterocycles. The lowest BCUT2D eigenvalue weighted by atomic mass is 9.87. The molecule has 2 aliphatic rings. The average Bonchev–Trinajstić information content (AvgIpc) is 3.29. The Hall–Kier alpha value is -3.40. The van der Waals surface area contributed by atoms with Crippen LogP contribution in [0.1, 0.15) is 89.8 Å². The first-order valence-electron chi connectivity index (χ1n) is 13.8. The number of likely N-dealkylation sites (N-methyl/N-ethyl adjacent to an activating group) is 1. The van der Waals surface area contributed by atoms with E-state index in [1.54, 1.807) is 17.3 Å². The van der Waals surface area contributed by atoms with Crippen molar-refractivity contribution in [2.24, 2.45) is 0 Å². The van der Waals surface area contributed by atoms with Crippen molar-refractivity contribution >= 4 is 17.9 Å². The van der Waals surface area contributed by atoms with E-state index in [1.165, 1.54) is 24.8 Å². The van der Waals surface area contributed by atoms with Crippen LogP contribution in [0.2, 0.25) is 0 Å². The van der Waals surface area contributed by atoms with Gasteiger partial charge in [-0.2, -0.15) is 5.26 Å². The van der Waals surface area contributed by atoms with Crippen LogP contribution in [-0.2, 0) is 15.0 Å². The van der Waals surface area contributed by atoms with Gasteiger partial charge in [-0.25, -0.2) is 0 Å². The minimum absolute atomic E-state index is 0.0577. The van der Waals surface area contributed by atoms with Crippen LogP contribution in [0.3, 0.4) is 0 Å². The summed E-state index contributed by atoms with van der Waals surface area (Å²) in [4.78, 5) is 31.5. The zero-order chi connectivity index (χ0) is 27.7. The number of anilines is 1. The van der Waals surface area contributed by atoms with E-state index in [-0.39, 0.29) is 29.4 Å². The van der Waals surface area contributed by atoms with Crippen LogP contribution >= 0.6 is 0 Å². The largest absolute Gasteiger partial charge is 0.359 e. The molecule has 1 saturated heterocycles. The van der Waals surface area contributed by atoms with Crippen molar-refractivity contribution in [1.29, 1.82) is 5.26 Å². The molecule has 2 heterocycles. The molecule has 1 N–H and O–H groups in total. The molecule has 3 unspecified atom stereocenters. The molecule has 2 aromatic rings. The van der Waals surface area contributed by atoms with Crippen molar-refractivity contribution in [2.75, 3.05) is 11.9 Å². The lowest BCUT2D eigenvalue weighted by molar-refractivity contribution is -0.123. The molecule has 1 aliphatic carbocycles. The first kappa shape index (κ1) is 29.2. The Kier molecular flexibility index (Phi) is 10.3.